The van der Waals surface area contributed by atoms with Gasteiger partial charge in [0, 0.05) is 25.0 Å². The fraction of sp³-hybridized carbons (Fsp3) is 0.300. The second kappa shape index (κ2) is 8.60. The zero-order valence-corrected chi connectivity index (χ0v) is 14.6. The second-order valence-electron chi connectivity index (χ2n) is 6.52. The Morgan fingerprint density at radius 1 is 1.23 bits per heavy atom. The molecule has 2 amide bonds. The molecular formula is C20H24N4O2. The number of nitrogens with one attached hydrogen (secondary N) is 3. The van der Waals surface area contributed by atoms with Gasteiger partial charge in [0.25, 0.3) is 0 Å². The molecule has 1 saturated heterocycles. The SMILES string of the molecule is O=C(NCC1(O)CCCNC1)Nc1ccc(/C=C/c2ccccn2)cc1. The van der Waals surface area contributed by atoms with E-state index in [1.807, 2.05) is 54.6 Å². The molecule has 0 aliphatic carbocycles. The highest BCUT2D eigenvalue weighted by molar-refractivity contribution is 5.89. The van der Waals surface area contributed by atoms with Gasteiger partial charge in [0.2, 0.25) is 0 Å². The number of hydrogen-bond donors (Lipinski definition) is 4. The summed E-state index contributed by atoms with van der Waals surface area (Å²) in [7, 11) is 0. The number of anilines is 1. The number of β-amino-alcohol motifs (C(OH)–C–C–N with tert-alkyl or cyclic N) is 1. The van der Waals surface area contributed by atoms with Gasteiger partial charge in [-0.3, -0.25) is 4.98 Å². The van der Waals surface area contributed by atoms with Crippen LogP contribution in [0.5, 0.6) is 0 Å². The second-order valence-corrected chi connectivity index (χ2v) is 6.52. The number of nitrogens with zero attached hydrogens (tertiary/aromatic N) is 1. The van der Waals surface area contributed by atoms with Gasteiger partial charge in [-0.2, -0.15) is 0 Å². The van der Waals surface area contributed by atoms with Crippen LogP contribution in [0, 0.1) is 0 Å². The molecule has 1 aliphatic rings. The van der Waals surface area contributed by atoms with Crippen LogP contribution in [0.4, 0.5) is 10.5 Å². The van der Waals surface area contributed by atoms with Crippen LogP contribution in [0.1, 0.15) is 24.1 Å². The number of aliphatic hydroxyl groups is 1. The maximum atomic E-state index is 12.0. The van der Waals surface area contributed by atoms with Crippen LogP contribution in [-0.4, -0.2) is 41.4 Å². The Morgan fingerprint density at radius 2 is 2.08 bits per heavy atom. The molecule has 0 radical (unpaired) electrons. The maximum absolute atomic E-state index is 12.0. The molecule has 1 unspecified atom stereocenters. The predicted octanol–water partition coefficient (Wildman–Crippen LogP) is 2.49. The maximum Gasteiger partial charge on any atom is 0.319 e. The molecule has 136 valence electrons. The van der Waals surface area contributed by atoms with Crippen LogP contribution < -0.4 is 16.0 Å². The summed E-state index contributed by atoms with van der Waals surface area (Å²) in [6.07, 6.45) is 7.27. The van der Waals surface area contributed by atoms with E-state index in [1.54, 1.807) is 6.20 Å². The molecule has 0 spiro atoms. The zero-order valence-electron chi connectivity index (χ0n) is 14.6. The first-order valence-electron chi connectivity index (χ1n) is 8.80. The van der Waals surface area contributed by atoms with Crippen molar-refractivity contribution < 1.29 is 9.90 Å². The lowest BCUT2D eigenvalue weighted by Crippen LogP contribution is -2.53. The van der Waals surface area contributed by atoms with Gasteiger partial charge in [-0.05, 0) is 55.3 Å². The van der Waals surface area contributed by atoms with Gasteiger partial charge in [-0.15, -0.1) is 0 Å². The number of rotatable bonds is 5. The molecule has 2 aromatic rings. The number of hydrogen-bond acceptors (Lipinski definition) is 4. The van der Waals surface area contributed by atoms with Crippen LogP contribution >= 0.6 is 0 Å². The molecule has 6 heteroatoms. The largest absolute Gasteiger partial charge is 0.387 e. The smallest absolute Gasteiger partial charge is 0.319 e. The van der Waals surface area contributed by atoms with E-state index in [-0.39, 0.29) is 12.6 Å². The molecule has 1 aromatic carbocycles. The Kier molecular flexibility index (Phi) is 5.99. The number of urea groups is 1. The Labute approximate surface area is 153 Å². The number of piperidine rings is 1. The van der Waals surface area contributed by atoms with Gasteiger partial charge in [0.15, 0.2) is 0 Å². The lowest BCUT2D eigenvalue weighted by Gasteiger charge is -2.32. The molecule has 1 aliphatic heterocycles. The monoisotopic (exact) mass is 352 g/mol. The highest BCUT2D eigenvalue weighted by Gasteiger charge is 2.29. The van der Waals surface area contributed by atoms with E-state index in [1.165, 1.54) is 0 Å². The summed E-state index contributed by atoms with van der Waals surface area (Å²) in [6, 6.07) is 13.0. The van der Waals surface area contributed by atoms with Crippen molar-refractivity contribution in [2.75, 3.05) is 25.0 Å². The molecule has 1 atom stereocenters. The van der Waals surface area contributed by atoms with E-state index in [9.17, 15) is 9.90 Å². The first-order chi connectivity index (χ1) is 12.6. The molecule has 1 fully saturated rings. The van der Waals surface area contributed by atoms with E-state index in [0.717, 1.165) is 24.2 Å². The summed E-state index contributed by atoms with van der Waals surface area (Å²) < 4.78 is 0. The molecule has 2 heterocycles. The van der Waals surface area contributed by atoms with E-state index >= 15 is 0 Å². The number of carbonyl (C=O) groups excluding carboxylic acids is 1. The molecule has 6 nitrogen and oxygen atoms in total. The number of aromatic nitrogens is 1. The van der Waals surface area contributed by atoms with Crippen molar-refractivity contribution in [2.24, 2.45) is 0 Å². The van der Waals surface area contributed by atoms with Gasteiger partial charge in [0.05, 0.1) is 11.3 Å². The third kappa shape index (κ3) is 5.40. The highest BCUT2D eigenvalue weighted by atomic mass is 16.3. The van der Waals surface area contributed by atoms with E-state index in [4.69, 9.17) is 0 Å². The molecular weight excluding hydrogens is 328 g/mol. The first-order valence-corrected chi connectivity index (χ1v) is 8.80. The molecule has 0 saturated carbocycles. The minimum Gasteiger partial charge on any atom is -0.387 e. The number of amides is 2. The summed E-state index contributed by atoms with van der Waals surface area (Å²) in [6.45, 7) is 1.65. The molecule has 26 heavy (non-hydrogen) atoms. The quantitative estimate of drug-likeness (QED) is 0.666. The van der Waals surface area contributed by atoms with Crippen molar-refractivity contribution >= 4 is 23.9 Å². The van der Waals surface area contributed by atoms with Gasteiger partial charge < -0.3 is 21.1 Å². The fourth-order valence-electron chi connectivity index (χ4n) is 2.86. The zero-order chi connectivity index (χ0) is 18.2. The van der Waals surface area contributed by atoms with E-state index in [0.29, 0.717) is 18.7 Å². The van der Waals surface area contributed by atoms with Crippen molar-refractivity contribution in [3.63, 3.8) is 0 Å². The van der Waals surface area contributed by atoms with Crippen molar-refractivity contribution in [2.45, 2.75) is 18.4 Å². The average Bonchev–Trinajstić information content (AvgIpc) is 2.67. The van der Waals surface area contributed by atoms with Crippen LogP contribution in [0.15, 0.2) is 48.7 Å². The number of benzene rings is 1. The Bertz CT molecular complexity index is 738. The average molecular weight is 352 g/mol. The lowest BCUT2D eigenvalue weighted by atomic mass is 9.94. The highest BCUT2D eigenvalue weighted by Crippen LogP contribution is 2.15. The van der Waals surface area contributed by atoms with Crippen molar-refractivity contribution in [1.29, 1.82) is 0 Å². The molecule has 4 N–H and O–H groups in total. The third-order valence-corrected chi connectivity index (χ3v) is 4.33. The Morgan fingerprint density at radius 3 is 2.77 bits per heavy atom. The van der Waals surface area contributed by atoms with Gasteiger partial charge in [-0.1, -0.05) is 24.3 Å². The van der Waals surface area contributed by atoms with E-state index < -0.39 is 5.60 Å². The summed E-state index contributed by atoms with van der Waals surface area (Å²) in [5.74, 6) is 0. The number of pyridine rings is 1. The minimum absolute atomic E-state index is 0.233. The number of carbonyl (C=O) groups is 1. The predicted molar refractivity (Wildman–Crippen MR) is 104 cm³/mol. The van der Waals surface area contributed by atoms with Gasteiger partial charge in [0.1, 0.15) is 0 Å². The van der Waals surface area contributed by atoms with Crippen molar-refractivity contribution in [3.8, 4) is 0 Å². The van der Waals surface area contributed by atoms with Crippen LogP contribution in [0.2, 0.25) is 0 Å². The van der Waals surface area contributed by atoms with Crippen LogP contribution in [0.25, 0.3) is 12.2 Å². The summed E-state index contributed by atoms with van der Waals surface area (Å²) in [5.41, 5.74) is 1.75. The minimum atomic E-state index is -0.865. The molecule has 0 bridgehead atoms. The molecule has 1 aromatic heterocycles. The summed E-state index contributed by atoms with van der Waals surface area (Å²) in [4.78, 5) is 16.3. The standard InChI is InChI=1S/C20H24N4O2/c25-19(23-15-20(26)11-3-12-21-14-20)24-18-9-6-16(7-10-18)5-8-17-4-1-2-13-22-17/h1-2,4-10,13,21,26H,3,11-12,14-15H2,(H2,23,24,25)/b8-5+. The van der Waals surface area contributed by atoms with Gasteiger partial charge >= 0.3 is 6.03 Å². The van der Waals surface area contributed by atoms with E-state index in [2.05, 4.69) is 20.9 Å². The van der Waals surface area contributed by atoms with Crippen LogP contribution in [-0.2, 0) is 0 Å². The summed E-state index contributed by atoms with van der Waals surface area (Å²) >= 11 is 0. The third-order valence-electron chi connectivity index (χ3n) is 4.33. The Hall–Kier alpha value is -2.70. The normalized spacial score (nSPS) is 20.0. The topological polar surface area (TPSA) is 86.3 Å². The Balaban J connectivity index is 1.49. The molecule has 3 rings (SSSR count). The fourth-order valence-corrected chi connectivity index (χ4v) is 2.86. The van der Waals surface area contributed by atoms with Crippen molar-refractivity contribution in [3.05, 3.63) is 59.9 Å². The first kappa shape index (κ1) is 18.1. The lowest BCUT2D eigenvalue weighted by molar-refractivity contribution is 0.0198. The summed E-state index contributed by atoms with van der Waals surface area (Å²) in [5, 5.41) is 19.0. The van der Waals surface area contributed by atoms with Crippen LogP contribution in [0.3, 0.4) is 0 Å². The van der Waals surface area contributed by atoms with Crippen molar-refractivity contribution in [1.82, 2.24) is 15.6 Å². The van der Waals surface area contributed by atoms with Gasteiger partial charge in [-0.25, -0.2) is 4.79 Å².